The van der Waals surface area contributed by atoms with Crippen LogP contribution in [0.5, 0.6) is 0 Å². The Morgan fingerprint density at radius 3 is 2.76 bits per heavy atom. The molecule has 0 bridgehead atoms. The maximum absolute atomic E-state index is 11.5. The van der Waals surface area contributed by atoms with Crippen molar-refractivity contribution in [3.8, 4) is 0 Å². The molecule has 0 aromatic carbocycles. The second-order valence-corrected chi connectivity index (χ2v) is 6.82. The summed E-state index contributed by atoms with van der Waals surface area (Å²) in [6.07, 6.45) is 2.62. The first-order valence-electron chi connectivity index (χ1n) is 5.91. The Hall–Kier alpha value is -0.820. The summed E-state index contributed by atoms with van der Waals surface area (Å²) in [7, 11) is -2.94. The summed E-state index contributed by atoms with van der Waals surface area (Å²) in [5.41, 5.74) is 0. The molecule has 2 heterocycles. The van der Waals surface area contributed by atoms with Crippen LogP contribution < -0.4 is 10.6 Å². The van der Waals surface area contributed by atoms with Crippen molar-refractivity contribution in [3.05, 3.63) is 0 Å². The van der Waals surface area contributed by atoms with E-state index in [4.69, 9.17) is 4.74 Å². The van der Waals surface area contributed by atoms with Crippen LogP contribution in [0, 0.1) is 0 Å². The van der Waals surface area contributed by atoms with Crippen LogP contribution in [0.1, 0.15) is 19.3 Å². The number of carbonyl (C=O) groups excluding carboxylic acids is 1. The molecule has 2 atom stereocenters. The summed E-state index contributed by atoms with van der Waals surface area (Å²) in [6, 6.07) is -0.549. The van der Waals surface area contributed by atoms with Crippen LogP contribution in [-0.2, 0) is 14.6 Å². The summed E-state index contributed by atoms with van der Waals surface area (Å²) < 4.78 is 27.8. The van der Waals surface area contributed by atoms with E-state index in [0.717, 1.165) is 19.4 Å². The minimum atomic E-state index is -2.94. The topological polar surface area (TPSA) is 84.5 Å². The Morgan fingerprint density at radius 2 is 2.18 bits per heavy atom. The van der Waals surface area contributed by atoms with Crippen LogP contribution in [0.25, 0.3) is 0 Å². The fourth-order valence-corrected chi connectivity index (χ4v) is 3.83. The van der Waals surface area contributed by atoms with Crippen LogP contribution in [0.2, 0.25) is 0 Å². The highest BCUT2D eigenvalue weighted by Crippen LogP contribution is 2.12. The molecule has 2 fully saturated rings. The molecule has 2 aliphatic heterocycles. The van der Waals surface area contributed by atoms with Gasteiger partial charge in [-0.25, -0.2) is 13.2 Å². The van der Waals surface area contributed by atoms with E-state index in [-0.39, 0.29) is 29.7 Å². The molecule has 0 radical (unpaired) electrons. The number of rotatable bonds is 3. The molecule has 2 rings (SSSR count). The summed E-state index contributed by atoms with van der Waals surface area (Å²) in [6.45, 7) is 1.25. The highest BCUT2D eigenvalue weighted by molar-refractivity contribution is 7.91. The van der Waals surface area contributed by atoms with Gasteiger partial charge in [0.05, 0.1) is 17.6 Å². The first-order valence-corrected chi connectivity index (χ1v) is 7.74. The van der Waals surface area contributed by atoms with Gasteiger partial charge in [0.15, 0.2) is 9.84 Å². The number of ether oxygens (including phenoxy) is 1. The predicted octanol–water partition coefficient (Wildman–Crippen LogP) is -0.348. The zero-order chi connectivity index (χ0) is 12.3. The average molecular weight is 262 g/mol. The van der Waals surface area contributed by atoms with Crippen LogP contribution in [0.15, 0.2) is 0 Å². The quantitative estimate of drug-likeness (QED) is 0.728. The zero-order valence-electron chi connectivity index (χ0n) is 9.65. The van der Waals surface area contributed by atoms with Crippen LogP contribution in [0.3, 0.4) is 0 Å². The van der Waals surface area contributed by atoms with E-state index in [1.165, 1.54) is 0 Å². The summed E-state index contributed by atoms with van der Waals surface area (Å²) >= 11 is 0. The third kappa shape index (κ3) is 3.85. The van der Waals surface area contributed by atoms with E-state index >= 15 is 0 Å². The summed E-state index contributed by atoms with van der Waals surface area (Å²) in [4.78, 5) is 11.5. The Labute approximate surface area is 101 Å². The molecule has 6 nitrogen and oxygen atoms in total. The smallest absolute Gasteiger partial charge is 0.315 e. The first-order chi connectivity index (χ1) is 8.05. The SMILES string of the molecule is O=C(NC[C@H]1CCCO1)N[C@H]1CCS(=O)(=O)C1. The molecular formula is C10H18N2O4S. The van der Waals surface area contributed by atoms with Gasteiger partial charge in [0.1, 0.15) is 0 Å². The maximum atomic E-state index is 11.5. The minimum absolute atomic E-state index is 0.0559. The molecule has 2 amide bonds. The Balaban J connectivity index is 1.67. The van der Waals surface area contributed by atoms with E-state index in [1.807, 2.05) is 0 Å². The van der Waals surface area contributed by atoms with E-state index in [9.17, 15) is 13.2 Å². The van der Waals surface area contributed by atoms with E-state index in [2.05, 4.69) is 10.6 Å². The number of nitrogens with one attached hydrogen (secondary N) is 2. The standard InChI is InChI=1S/C10H18N2O4S/c13-10(11-6-9-2-1-4-16-9)12-8-3-5-17(14,15)7-8/h8-9H,1-7H2,(H2,11,12,13)/t8-,9+/m0/s1. The van der Waals surface area contributed by atoms with Gasteiger partial charge < -0.3 is 15.4 Å². The van der Waals surface area contributed by atoms with Crippen molar-refractivity contribution < 1.29 is 17.9 Å². The van der Waals surface area contributed by atoms with Gasteiger partial charge >= 0.3 is 6.03 Å². The van der Waals surface area contributed by atoms with Gasteiger partial charge in [0.25, 0.3) is 0 Å². The molecule has 2 saturated heterocycles. The molecule has 0 saturated carbocycles. The molecule has 0 spiro atoms. The van der Waals surface area contributed by atoms with Crippen molar-refractivity contribution in [3.63, 3.8) is 0 Å². The molecule has 7 heteroatoms. The van der Waals surface area contributed by atoms with E-state index in [1.54, 1.807) is 0 Å². The van der Waals surface area contributed by atoms with Crippen molar-refractivity contribution >= 4 is 15.9 Å². The maximum Gasteiger partial charge on any atom is 0.315 e. The highest BCUT2D eigenvalue weighted by Gasteiger charge is 2.29. The lowest BCUT2D eigenvalue weighted by Gasteiger charge is -2.14. The fraction of sp³-hybridized carbons (Fsp3) is 0.900. The second kappa shape index (κ2) is 5.22. The summed E-state index contributed by atoms with van der Waals surface area (Å²) in [5, 5.41) is 5.38. The molecule has 17 heavy (non-hydrogen) atoms. The van der Waals surface area contributed by atoms with Crippen LogP contribution in [0.4, 0.5) is 4.79 Å². The number of sulfone groups is 1. The minimum Gasteiger partial charge on any atom is -0.376 e. The van der Waals surface area contributed by atoms with Crippen molar-refractivity contribution in [1.29, 1.82) is 0 Å². The van der Waals surface area contributed by atoms with Gasteiger partial charge in [-0.1, -0.05) is 0 Å². The molecule has 0 unspecified atom stereocenters. The van der Waals surface area contributed by atoms with Crippen molar-refractivity contribution in [1.82, 2.24) is 10.6 Å². The zero-order valence-corrected chi connectivity index (χ0v) is 10.5. The molecule has 0 aromatic rings. The number of amides is 2. The van der Waals surface area contributed by atoms with Gasteiger partial charge in [0.2, 0.25) is 0 Å². The van der Waals surface area contributed by atoms with E-state index < -0.39 is 9.84 Å². The lowest BCUT2D eigenvalue weighted by atomic mass is 10.2. The van der Waals surface area contributed by atoms with Gasteiger partial charge in [-0.3, -0.25) is 0 Å². The summed E-state index contributed by atoms with van der Waals surface area (Å²) in [5.74, 6) is 0.226. The lowest BCUT2D eigenvalue weighted by Crippen LogP contribution is -2.44. The average Bonchev–Trinajstić information content (AvgIpc) is 2.85. The van der Waals surface area contributed by atoms with Crippen molar-refractivity contribution in [2.75, 3.05) is 24.7 Å². The number of urea groups is 1. The molecule has 0 aliphatic carbocycles. The Kier molecular flexibility index (Phi) is 3.88. The third-order valence-electron chi connectivity index (χ3n) is 3.08. The molecule has 2 aliphatic rings. The van der Waals surface area contributed by atoms with Gasteiger partial charge in [-0.05, 0) is 19.3 Å². The number of hydrogen-bond donors (Lipinski definition) is 2. The molecule has 98 valence electrons. The second-order valence-electron chi connectivity index (χ2n) is 4.59. The first kappa shape index (κ1) is 12.6. The number of hydrogen-bond acceptors (Lipinski definition) is 4. The van der Waals surface area contributed by atoms with Crippen molar-refractivity contribution in [2.24, 2.45) is 0 Å². The molecular weight excluding hydrogens is 244 g/mol. The van der Waals surface area contributed by atoms with Gasteiger partial charge in [-0.15, -0.1) is 0 Å². The Bertz CT molecular complexity index is 376. The van der Waals surface area contributed by atoms with E-state index in [0.29, 0.717) is 13.0 Å². The van der Waals surface area contributed by atoms with Gasteiger partial charge in [0, 0.05) is 19.2 Å². The van der Waals surface area contributed by atoms with Gasteiger partial charge in [-0.2, -0.15) is 0 Å². The van der Waals surface area contributed by atoms with Crippen molar-refractivity contribution in [2.45, 2.75) is 31.4 Å². The monoisotopic (exact) mass is 262 g/mol. The van der Waals surface area contributed by atoms with Crippen LogP contribution >= 0.6 is 0 Å². The highest BCUT2D eigenvalue weighted by atomic mass is 32.2. The predicted molar refractivity (Wildman–Crippen MR) is 62.6 cm³/mol. The number of carbonyl (C=O) groups is 1. The third-order valence-corrected chi connectivity index (χ3v) is 4.85. The lowest BCUT2D eigenvalue weighted by molar-refractivity contribution is 0.111. The Morgan fingerprint density at radius 1 is 1.35 bits per heavy atom. The fourth-order valence-electron chi connectivity index (χ4n) is 2.16. The normalized spacial score (nSPS) is 31.3. The molecule has 2 N–H and O–H groups in total. The largest absolute Gasteiger partial charge is 0.376 e. The molecule has 0 aromatic heterocycles. The van der Waals surface area contributed by atoms with Crippen LogP contribution in [-0.4, -0.2) is 51.3 Å².